The van der Waals surface area contributed by atoms with Gasteiger partial charge < -0.3 is 15.8 Å². The molecule has 0 bridgehead atoms. The number of rotatable bonds is 4. The summed E-state index contributed by atoms with van der Waals surface area (Å²) >= 11 is 0. The molecule has 4 heteroatoms. The summed E-state index contributed by atoms with van der Waals surface area (Å²) in [5, 5.41) is 3.31. The fourth-order valence-corrected chi connectivity index (χ4v) is 1.70. The van der Waals surface area contributed by atoms with Crippen LogP contribution in [0.5, 0.6) is 5.88 Å². The van der Waals surface area contributed by atoms with E-state index in [0.717, 1.165) is 22.5 Å². The molecule has 1 aromatic carbocycles. The van der Waals surface area contributed by atoms with Crippen LogP contribution in [-0.2, 0) is 6.54 Å². The van der Waals surface area contributed by atoms with Crippen LogP contribution >= 0.6 is 0 Å². The van der Waals surface area contributed by atoms with Crippen molar-refractivity contribution in [2.75, 3.05) is 18.2 Å². The minimum Gasteiger partial charge on any atom is -0.481 e. The smallest absolute Gasteiger partial charge is 0.213 e. The van der Waals surface area contributed by atoms with E-state index in [0.29, 0.717) is 12.4 Å². The maximum Gasteiger partial charge on any atom is 0.213 e. The fourth-order valence-electron chi connectivity index (χ4n) is 1.70. The van der Waals surface area contributed by atoms with Crippen molar-refractivity contribution in [3.63, 3.8) is 0 Å². The summed E-state index contributed by atoms with van der Waals surface area (Å²) in [6.07, 6.45) is 1.73. The second kappa shape index (κ2) is 5.40. The molecule has 0 aliphatic rings. The van der Waals surface area contributed by atoms with Crippen molar-refractivity contribution < 1.29 is 4.74 Å². The number of hydrogen-bond donors (Lipinski definition) is 2. The lowest BCUT2D eigenvalue weighted by molar-refractivity contribution is 0.397. The van der Waals surface area contributed by atoms with Crippen LogP contribution in [0.2, 0.25) is 0 Å². The molecule has 0 amide bonds. The van der Waals surface area contributed by atoms with Crippen molar-refractivity contribution in [1.29, 1.82) is 0 Å². The number of benzene rings is 1. The van der Waals surface area contributed by atoms with Crippen LogP contribution < -0.4 is 15.8 Å². The highest BCUT2D eigenvalue weighted by Gasteiger charge is 2.02. The Bertz CT molecular complexity index is 540. The van der Waals surface area contributed by atoms with Gasteiger partial charge in [-0.15, -0.1) is 0 Å². The van der Waals surface area contributed by atoms with Crippen molar-refractivity contribution in [2.45, 2.75) is 13.5 Å². The van der Waals surface area contributed by atoms with Crippen LogP contribution in [0.25, 0.3) is 0 Å². The predicted octanol–water partition coefficient (Wildman–Crippen LogP) is 2.59. The number of nitrogens with zero attached hydrogens (tertiary/aromatic N) is 1. The second-order valence-corrected chi connectivity index (χ2v) is 4.10. The highest BCUT2D eigenvalue weighted by Crippen LogP contribution is 2.22. The number of aryl methyl sites for hydroxylation is 1. The fraction of sp³-hybridized carbons (Fsp3) is 0.214. The summed E-state index contributed by atoms with van der Waals surface area (Å²) in [4.78, 5) is 4.07. The Morgan fingerprint density at radius 2 is 2.17 bits per heavy atom. The zero-order chi connectivity index (χ0) is 13.0. The third-order valence-electron chi connectivity index (χ3n) is 2.82. The van der Waals surface area contributed by atoms with Gasteiger partial charge in [0.05, 0.1) is 18.5 Å². The predicted molar refractivity (Wildman–Crippen MR) is 73.7 cm³/mol. The van der Waals surface area contributed by atoms with Gasteiger partial charge in [0.15, 0.2) is 0 Å². The van der Waals surface area contributed by atoms with Crippen molar-refractivity contribution in [3.8, 4) is 5.88 Å². The SMILES string of the molecule is COc1cc(CNc2cccc(C)c2N)ccn1. The maximum absolute atomic E-state index is 6.00. The lowest BCUT2D eigenvalue weighted by Crippen LogP contribution is -2.04. The Kier molecular flexibility index (Phi) is 3.67. The third-order valence-corrected chi connectivity index (χ3v) is 2.82. The summed E-state index contributed by atoms with van der Waals surface area (Å²) in [7, 11) is 1.61. The number of nitrogen functional groups attached to an aromatic ring is 1. The Morgan fingerprint density at radius 1 is 1.33 bits per heavy atom. The third kappa shape index (κ3) is 2.71. The van der Waals surface area contributed by atoms with Gasteiger partial charge in [-0.25, -0.2) is 4.98 Å². The quantitative estimate of drug-likeness (QED) is 0.810. The summed E-state index contributed by atoms with van der Waals surface area (Å²) in [5.74, 6) is 0.617. The van der Waals surface area contributed by atoms with Gasteiger partial charge in [0.25, 0.3) is 0 Å². The molecular formula is C14H17N3O. The highest BCUT2D eigenvalue weighted by atomic mass is 16.5. The molecule has 0 fully saturated rings. The van der Waals surface area contributed by atoms with Gasteiger partial charge in [-0.05, 0) is 30.2 Å². The Balaban J connectivity index is 2.09. The first-order valence-corrected chi connectivity index (χ1v) is 5.78. The first kappa shape index (κ1) is 12.2. The lowest BCUT2D eigenvalue weighted by atomic mass is 10.1. The minimum absolute atomic E-state index is 0.617. The first-order valence-electron chi connectivity index (χ1n) is 5.78. The largest absolute Gasteiger partial charge is 0.481 e. The average molecular weight is 243 g/mol. The zero-order valence-electron chi connectivity index (χ0n) is 10.6. The molecule has 0 spiro atoms. The lowest BCUT2D eigenvalue weighted by Gasteiger charge is -2.11. The average Bonchev–Trinajstić information content (AvgIpc) is 2.41. The zero-order valence-corrected chi connectivity index (χ0v) is 10.6. The summed E-state index contributed by atoms with van der Waals surface area (Å²) in [6, 6.07) is 9.80. The molecule has 2 aromatic rings. The number of ether oxygens (including phenoxy) is 1. The Hall–Kier alpha value is -2.23. The van der Waals surface area contributed by atoms with Crippen molar-refractivity contribution in [1.82, 2.24) is 4.98 Å². The van der Waals surface area contributed by atoms with E-state index in [4.69, 9.17) is 10.5 Å². The topological polar surface area (TPSA) is 60.2 Å². The molecule has 0 atom stereocenters. The van der Waals surface area contributed by atoms with Gasteiger partial charge in [0.2, 0.25) is 5.88 Å². The van der Waals surface area contributed by atoms with E-state index < -0.39 is 0 Å². The molecule has 0 aliphatic heterocycles. The Morgan fingerprint density at radius 3 is 2.94 bits per heavy atom. The molecule has 94 valence electrons. The van der Waals surface area contributed by atoms with Gasteiger partial charge in [-0.3, -0.25) is 0 Å². The number of pyridine rings is 1. The van der Waals surface area contributed by atoms with Crippen molar-refractivity contribution in [3.05, 3.63) is 47.7 Å². The molecule has 2 rings (SSSR count). The van der Waals surface area contributed by atoms with Crippen molar-refractivity contribution >= 4 is 11.4 Å². The standard InChI is InChI=1S/C14H17N3O/c1-10-4-3-5-12(14(10)15)17-9-11-6-7-16-13(8-11)18-2/h3-8,17H,9,15H2,1-2H3. The number of para-hydroxylation sites is 1. The van der Waals surface area contributed by atoms with Gasteiger partial charge in [-0.1, -0.05) is 12.1 Å². The summed E-state index contributed by atoms with van der Waals surface area (Å²) in [6.45, 7) is 2.68. The summed E-state index contributed by atoms with van der Waals surface area (Å²) < 4.78 is 5.09. The number of anilines is 2. The minimum atomic E-state index is 0.617. The Labute approximate surface area is 107 Å². The molecule has 18 heavy (non-hydrogen) atoms. The van der Waals surface area contributed by atoms with E-state index in [2.05, 4.69) is 10.3 Å². The highest BCUT2D eigenvalue weighted by molar-refractivity contribution is 5.69. The first-order chi connectivity index (χ1) is 8.70. The van der Waals surface area contributed by atoms with E-state index in [1.807, 2.05) is 37.3 Å². The number of methoxy groups -OCH3 is 1. The number of aromatic nitrogens is 1. The van der Waals surface area contributed by atoms with E-state index in [9.17, 15) is 0 Å². The van der Waals surface area contributed by atoms with Crippen LogP contribution in [0.3, 0.4) is 0 Å². The molecule has 1 heterocycles. The van der Waals surface area contributed by atoms with Gasteiger partial charge in [0.1, 0.15) is 0 Å². The normalized spacial score (nSPS) is 10.1. The van der Waals surface area contributed by atoms with Gasteiger partial charge >= 0.3 is 0 Å². The van der Waals surface area contributed by atoms with Crippen LogP contribution in [0.4, 0.5) is 11.4 Å². The molecule has 3 N–H and O–H groups in total. The van der Waals surface area contributed by atoms with Crippen molar-refractivity contribution in [2.24, 2.45) is 0 Å². The number of nitrogens with one attached hydrogen (secondary N) is 1. The van der Waals surface area contributed by atoms with Crippen LogP contribution in [0.15, 0.2) is 36.5 Å². The van der Waals surface area contributed by atoms with E-state index in [1.165, 1.54) is 0 Å². The van der Waals surface area contributed by atoms with E-state index in [1.54, 1.807) is 13.3 Å². The summed E-state index contributed by atoms with van der Waals surface area (Å²) in [5.41, 5.74) is 9.92. The molecule has 1 aromatic heterocycles. The molecular weight excluding hydrogens is 226 g/mol. The van der Waals surface area contributed by atoms with Gasteiger partial charge in [-0.2, -0.15) is 0 Å². The maximum atomic E-state index is 6.00. The van der Waals surface area contributed by atoms with Crippen LogP contribution in [0.1, 0.15) is 11.1 Å². The number of hydrogen-bond acceptors (Lipinski definition) is 4. The molecule has 4 nitrogen and oxygen atoms in total. The van der Waals surface area contributed by atoms with E-state index >= 15 is 0 Å². The molecule has 0 saturated carbocycles. The van der Waals surface area contributed by atoms with Crippen LogP contribution in [0, 0.1) is 6.92 Å². The van der Waals surface area contributed by atoms with E-state index in [-0.39, 0.29) is 0 Å². The molecule has 0 saturated heterocycles. The molecule has 0 unspecified atom stereocenters. The van der Waals surface area contributed by atoms with Crippen LogP contribution in [-0.4, -0.2) is 12.1 Å². The second-order valence-electron chi connectivity index (χ2n) is 4.10. The van der Waals surface area contributed by atoms with Gasteiger partial charge in [0, 0.05) is 18.8 Å². The molecule has 0 aliphatic carbocycles. The number of nitrogens with two attached hydrogens (primary N) is 1. The molecule has 0 radical (unpaired) electrons. The monoisotopic (exact) mass is 243 g/mol.